The molecule has 0 saturated carbocycles. The van der Waals surface area contributed by atoms with E-state index in [2.05, 4.69) is 5.32 Å². The Labute approximate surface area is 167 Å². The van der Waals surface area contributed by atoms with Crippen LogP contribution in [0.3, 0.4) is 0 Å². The average molecular weight is 383 g/mol. The molecule has 0 bridgehead atoms. The van der Waals surface area contributed by atoms with Crippen LogP contribution in [-0.4, -0.2) is 35.9 Å². The average Bonchev–Trinajstić information content (AvgIpc) is 2.67. The van der Waals surface area contributed by atoms with E-state index in [9.17, 15) is 9.59 Å². The van der Waals surface area contributed by atoms with Gasteiger partial charge in [-0.15, -0.1) is 0 Å². The molecule has 0 saturated heterocycles. The van der Waals surface area contributed by atoms with Gasteiger partial charge >= 0.3 is 0 Å². The van der Waals surface area contributed by atoms with Crippen molar-refractivity contribution in [3.63, 3.8) is 0 Å². The fraction of sp³-hybridized carbons (Fsp3) is 0.391. The summed E-state index contributed by atoms with van der Waals surface area (Å²) in [6.07, 6.45) is 0.254. The maximum atomic E-state index is 13.1. The van der Waals surface area contributed by atoms with Crippen LogP contribution in [0, 0.1) is 6.92 Å². The highest BCUT2D eigenvalue weighted by Crippen LogP contribution is 2.17. The van der Waals surface area contributed by atoms with Gasteiger partial charge in [0.2, 0.25) is 11.8 Å². The number of nitrogens with one attached hydrogen (secondary N) is 1. The zero-order valence-corrected chi connectivity index (χ0v) is 17.4. The number of amides is 2. The molecule has 28 heavy (non-hydrogen) atoms. The van der Waals surface area contributed by atoms with Gasteiger partial charge in [0.25, 0.3) is 0 Å². The van der Waals surface area contributed by atoms with E-state index in [1.54, 1.807) is 18.9 Å². The molecule has 1 atom stereocenters. The number of aryl methyl sites for hydroxylation is 1. The molecule has 2 amide bonds. The maximum absolute atomic E-state index is 13.1. The molecule has 150 valence electrons. The third kappa shape index (κ3) is 6.12. The number of hydrogen-bond acceptors (Lipinski definition) is 3. The Kier molecular flexibility index (Phi) is 7.61. The van der Waals surface area contributed by atoms with Crippen LogP contribution in [0.2, 0.25) is 0 Å². The summed E-state index contributed by atoms with van der Waals surface area (Å²) in [5.41, 5.74) is 3.00. The van der Waals surface area contributed by atoms with Crippen molar-refractivity contribution >= 4 is 11.8 Å². The van der Waals surface area contributed by atoms with Crippen molar-refractivity contribution in [1.82, 2.24) is 10.2 Å². The Morgan fingerprint density at radius 3 is 2.32 bits per heavy atom. The quantitative estimate of drug-likeness (QED) is 0.760. The molecule has 0 aliphatic heterocycles. The van der Waals surface area contributed by atoms with Crippen LogP contribution >= 0.6 is 0 Å². The predicted octanol–water partition coefficient (Wildman–Crippen LogP) is 3.49. The number of rotatable bonds is 8. The van der Waals surface area contributed by atoms with Gasteiger partial charge < -0.3 is 15.0 Å². The van der Waals surface area contributed by atoms with Gasteiger partial charge in [-0.1, -0.05) is 42.0 Å². The Hall–Kier alpha value is -2.82. The topological polar surface area (TPSA) is 58.6 Å². The van der Waals surface area contributed by atoms with Gasteiger partial charge in [-0.2, -0.15) is 0 Å². The first-order valence-electron chi connectivity index (χ1n) is 9.58. The van der Waals surface area contributed by atoms with Crippen LogP contribution in [0.5, 0.6) is 5.75 Å². The summed E-state index contributed by atoms with van der Waals surface area (Å²) >= 11 is 0. The molecule has 0 spiro atoms. The van der Waals surface area contributed by atoms with E-state index in [1.165, 1.54) is 0 Å². The highest BCUT2D eigenvalue weighted by Gasteiger charge is 2.26. The highest BCUT2D eigenvalue weighted by atomic mass is 16.5. The third-order valence-corrected chi connectivity index (χ3v) is 4.56. The van der Waals surface area contributed by atoms with E-state index in [0.29, 0.717) is 6.54 Å². The second-order valence-electron chi connectivity index (χ2n) is 7.37. The molecule has 0 aromatic heterocycles. The van der Waals surface area contributed by atoms with E-state index in [1.807, 2.05) is 69.3 Å². The number of carbonyl (C=O) groups is 2. The van der Waals surface area contributed by atoms with E-state index in [0.717, 1.165) is 22.4 Å². The molecule has 2 aromatic rings. The molecular formula is C23H30N2O3. The second kappa shape index (κ2) is 9.93. The summed E-state index contributed by atoms with van der Waals surface area (Å²) in [5, 5.41) is 2.90. The molecule has 5 heteroatoms. The summed E-state index contributed by atoms with van der Waals surface area (Å²) in [6.45, 7) is 7.94. The summed E-state index contributed by atoms with van der Waals surface area (Å²) in [5.74, 6) is 0.482. The van der Waals surface area contributed by atoms with Crippen molar-refractivity contribution in [3.8, 4) is 5.75 Å². The van der Waals surface area contributed by atoms with Crippen molar-refractivity contribution in [2.24, 2.45) is 0 Å². The number of ether oxygens (including phenoxy) is 1. The van der Waals surface area contributed by atoms with E-state index in [-0.39, 0.29) is 24.3 Å². The minimum absolute atomic E-state index is 0.0146. The van der Waals surface area contributed by atoms with Crippen molar-refractivity contribution in [1.29, 1.82) is 0 Å². The molecule has 0 fully saturated rings. The second-order valence-corrected chi connectivity index (χ2v) is 7.37. The first-order valence-corrected chi connectivity index (χ1v) is 9.58. The Morgan fingerprint density at radius 1 is 1.04 bits per heavy atom. The fourth-order valence-electron chi connectivity index (χ4n) is 2.94. The smallest absolute Gasteiger partial charge is 0.242 e. The Balaban J connectivity index is 2.24. The molecule has 2 rings (SSSR count). The van der Waals surface area contributed by atoms with Gasteiger partial charge in [-0.05, 0) is 51.0 Å². The molecule has 0 heterocycles. The minimum atomic E-state index is -0.577. The minimum Gasteiger partial charge on any atom is -0.497 e. The van der Waals surface area contributed by atoms with E-state index >= 15 is 0 Å². The van der Waals surface area contributed by atoms with Crippen LogP contribution in [0.4, 0.5) is 0 Å². The van der Waals surface area contributed by atoms with Crippen LogP contribution in [0.1, 0.15) is 37.5 Å². The summed E-state index contributed by atoms with van der Waals surface area (Å²) in [6, 6.07) is 14.9. The van der Waals surface area contributed by atoms with Crippen LogP contribution in [-0.2, 0) is 22.6 Å². The highest BCUT2D eigenvalue weighted by molar-refractivity contribution is 5.88. The number of benzene rings is 2. The molecule has 0 aliphatic rings. The van der Waals surface area contributed by atoms with Crippen LogP contribution in [0.15, 0.2) is 48.5 Å². The maximum Gasteiger partial charge on any atom is 0.242 e. The number of nitrogens with zero attached hydrogens (tertiary/aromatic N) is 1. The number of methoxy groups -OCH3 is 1. The monoisotopic (exact) mass is 382 g/mol. The van der Waals surface area contributed by atoms with Crippen molar-refractivity contribution in [3.05, 3.63) is 65.2 Å². The fourth-order valence-corrected chi connectivity index (χ4v) is 2.94. The zero-order valence-electron chi connectivity index (χ0n) is 17.4. The summed E-state index contributed by atoms with van der Waals surface area (Å²) in [4.78, 5) is 27.3. The largest absolute Gasteiger partial charge is 0.497 e. The van der Waals surface area contributed by atoms with Crippen LogP contribution < -0.4 is 10.1 Å². The van der Waals surface area contributed by atoms with Gasteiger partial charge in [0.05, 0.1) is 13.5 Å². The molecule has 0 aliphatic carbocycles. The zero-order chi connectivity index (χ0) is 20.7. The normalized spacial score (nSPS) is 11.8. The van der Waals surface area contributed by atoms with Gasteiger partial charge in [0.15, 0.2) is 0 Å². The predicted molar refractivity (Wildman–Crippen MR) is 111 cm³/mol. The van der Waals surface area contributed by atoms with Gasteiger partial charge in [0.1, 0.15) is 11.8 Å². The molecule has 1 unspecified atom stereocenters. The van der Waals surface area contributed by atoms with Gasteiger partial charge in [-0.3, -0.25) is 9.59 Å². The first-order chi connectivity index (χ1) is 13.3. The van der Waals surface area contributed by atoms with E-state index < -0.39 is 6.04 Å². The van der Waals surface area contributed by atoms with Crippen molar-refractivity contribution in [2.75, 3.05) is 7.11 Å². The Morgan fingerprint density at radius 2 is 1.71 bits per heavy atom. The number of carbonyl (C=O) groups excluding carboxylic acids is 2. The molecule has 1 N–H and O–H groups in total. The van der Waals surface area contributed by atoms with Gasteiger partial charge in [-0.25, -0.2) is 0 Å². The lowest BCUT2D eigenvalue weighted by atomic mass is 10.1. The summed E-state index contributed by atoms with van der Waals surface area (Å²) < 4.78 is 5.28. The standard InChI is InChI=1S/C23H30N2O3/c1-16(2)24-23(27)18(4)25(15-20-7-6-8-21(13-20)28-5)22(26)14-19-11-9-17(3)10-12-19/h6-13,16,18H,14-15H2,1-5H3,(H,24,27). The third-order valence-electron chi connectivity index (χ3n) is 4.56. The number of hydrogen-bond donors (Lipinski definition) is 1. The van der Waals surface area contributed by atoms with Crippen molar-refractivity contribution in [2.45, 2.75) is 52.7 Å². The lowest BCUT2D eigenvalue weighted by Crippen LogP contribution is -2.49. The van der Waals surface area contributed by atoms with Crippen molar-refractivity contribution < 1.29 is 14.3 Å². The molecular weight excluding hydrogens is 352 g/mol. The van der Waals surface area contributed by atoms with Crippen LogP contribution in [0.25, 0.3) is 0 Å². The molecule has 2 aromatic carbocycles. The summed E-state index contributed by atoms with van der Waals surface area (Å²) in [7, 11) is 1.61. The van der Waals surface area contributed by atoms with Gasteiger partial charge in [0, 0.05) is 12.6 Å². The Bertz CT molecular complexity index is 800. The lowest BCUT2D eigenvalue weighted by Gasteiger charge is -2.29. The molecule has 0 radical (unpaired) electrons. The SMILES string of the molecule is COc1cccc(CN(C(=O)Cc2ccc(C)cc2)C(C)C(=O)NC(C)C)c1. The van der Waals surface area contributed by atoms with E-state index in [4.69, 9.17) is 4.74 Å². The molecule has 5 nitrogen and oxygen atoms in total. The first kappa shape index (κ1) is 21.5. The lowest BCUT2D eigenvalue weighted by molar-refractivity contribution is -0.140.